The first-order valence-corrected chi connectivity index (χ1v) is 6.69. The van der Waals surface area contributed by atoms with E-state index in [0.29, 0.717) is 0 Å². The van der Waals surface area contributed by atoms with E-state index in [1.165, 1.54) is 26.4 Å². The quantitative estimate of drug-likeness (QED) is 0.663. The van der Waals surface area contributed by atoms with Gasteiger partial charge >= 0.3 is 0 Å². The number of halogens is 1. The van der Waals surface area contributed by atoms with Gasteiger partial charge in [0.1, 0.15) is 0 Å². The van der Waals surface area contributed by atoms with E-state index in [9.17, 15) is 0 Å². The molecule has 0 bridgehead atoms. The fraction of sp³-hybridized carbons (Fsp3) is 0.125. The summed E-state index contributed by atoms with van der Waals surface area (Å²) >= 11 is 3.67. The van der Waals surface area contributed by atoms with Crippen LogP contribution in [0.2, 0.25) is 0 Å². The third-order valence-corrected chi connectivity index (χ3v) is 3.87. The topological polar surface area (TPSA) is 0 Å². The smallest absolute Gasteiger partial charge is 0.0259 e. The highest BCUT2D eigenvalue weighted by Gasteiger charge is 2.09. The lowest BCUT2D eigenvalue weighted by atomic mass is 9.93. The van der Waals surface area contributed by atoms with Crippen LogP contribution in [0.5, 0.6) is 0 Å². The monoisotopic (exact) mass is 284 g/mol. The number of benzene rings is 2. The third kappa shape index (κ3) is 1.96. The normalized spacial score (nSPS) is 15.0. The minimum Gasteiger partial charge on any atom is -0.0842 e. The molecule has 0 atom stereocenters. The van der Waals surface area contributed by atoms with Gasteiger partial charge in [-0.2, -0.15) is 0 Å². The molecule has 0 amide bonds. The van der Waals surface area contributed by atoms with Gasteiger partial charge in [0, 0.05) is 9.86 Å². The summed E-state index contributed by atoms with van der Waals surface area (Å²) in [6.45, 7) is 0. The fourth-order valence-corrected chi connectivity index (χ4v) is 2.98. The van der Waals surface area contributed by atoms with Gasteiger partial charge in [-0.05, 0) is 35.4 Å². The molecular formula is C16H13Br. The molecule has 1 aliphatic rings. The Morgan fingerprint density at radius 3 is 2.59 bits per heavy atom. The van der Waals surface area contributed by atoms with Crippen LogP contribution in [-0.4, -0.2) is 0 Å². The molecule has 0 N–H and O–H groups in total. The Bertz CT molecular complexity index is 615. The van der Waals surface area contributed by atoms with Gasteiger partial charge in [-0.3, -0.25) is 0 Å². The second-order valence-electron chi connectivity index (χ2n) is 4.30. The van der Waals surface area contributed by atoms with Crippen molar-refractivity contribution < 1.29 is 0 Å². The molecule has 0 saturated carbocycles. The van der Waals surface area contributed by atoms with Crippen molar-refractivity contribution in [2.45, 2.75) is 12.8 Å². The summed E-state index contributed by atoms with van der Waals surface area (Å²) in [7, 11) is 0. The van der Waals surface area contributed by atoms with Crippen molar-refractivity contribution in [1.29, 1.82) is 0 Å². The standard InChI is InChI=1S/C16H13Br/c17-15-11-5-9-13-8-4-10-14(16(13)15)12-6-2-1-3-7-12/h1-2,4-6,8-11H,3,7H2. The molecular weight excluding hydrogens is 272 g/mol. The van der Waals surface area contributed by atoms with Gasteiger partial charge in [0.15, 0.2) is 0 Å². The molecule has 0 unspecified atom stereocenters. The molecule has 0 fully saturated rings. The Morgan fingerprint density at radius 1 is 1.00 bits per heavy atom. The van der Waals surface area contributed by atoms with Crippen LogP contribution in [0.1, 0.15) is 18.4 Å². The van der Waals surface area contributed by atoms with E-state index in [2.05, 4.69) is 70.6 Å². The van der Waals surface area contributed by atoms with E-state index >= 15 is 0 Å². The molecule has 0 aliphatic heterocycles. The van der Waals surface area contributed by atoms with E-state index in [4.69, 9.17) is 0 Å². The van der Waals surface area contributed by atoms with Gasteiger partial charge < -0.3 is 0 Å². The largest absolute Gasteiger partial charge is 0.0842 e. The van der Waals surface area contributed by atoms with Crippen molar-refractivity contribution in [2.75, 3.05) is 0 Å². The van der Waals surface area contributed by atoms with Crippen LogP contribution in [0.15, 0.2) is 59.1 Å². The fourth-order valence-electron chi connectivity index (χ4n) is 2.39. The Hall–Kier alpha value is -1.34. The molecule has 1 aliphatic carbocycles. The van der Waals surface area contributed by atoms with E-state index in [1.807, 2.05) is 0 Å². The van der Waals surface area contributed by atoms with E-state index < -0.39 is 0 Å². The first kappa shape index (κ1) is 10.8. The zero-order valence-corrected chi connectivity index (χ0v) is 11.1. The first-order chi connectivity index (χ1) is 8.36. The summed E-state index contributed by atoms with van der Waals surface area (Å²) in [5.41, 5.74) is 2.80. The van der Waals surface area contributed by atoms with Gasteiger partial charge in [-0.25, -0.2) is 0 Å². The summed E-state index contributed by atoms with van der Waals surface area (Å²) in [6.07, 6.45) is 8.90. The zero-order chi connectivity index (χ0) is 11.7. The predicted octanol–water partition coefficient (Wildman–Crippen LogP) is 5.34. The Labute approximate surface area is 110 Å². The maximum Gasteiger partial charge on any atom is 0.0259 e. The highest BCUT2D eigenvalue weighted by Crippen LogP contribution is 2.34. The highest BCUT2D eigenvalue weighted by atomic mass is 79.9. The molecule has 0 heterocycles. The molecule has 0 radical (unpaired) electrons. The van der Waals surface area contributed by atoms with Crippen molar-refractivity contribution >= 4 is 32.3 Å². The minimum atomic E-state index is 1.14. The number of rotatable bonds is 1. The number of fused-ring (bicyclic) bond motifs is 1. The second-order valence-corrected chi connectivity index (χ2v) is 5.16. The van der Waals surface area contributed by atoms with Crippen LogP contribution in [0.3, 0.4) is 0 Å². The highest BCUT2D eigenvalue weighted by molar-refractivity contribution is 9.10. The second kappa shape index (κ2) is 4.50. The first-order valence-electron chi connectivity index (χ1n) is 5.89. The van der Waals surface area contributed by atoms with Crippen LogP contribution in [0, 0.1) is 0 Å². The molecule has 3 rings (SSSR count). The van der Waals surface area contributed by atoms with E-state index in [1.54, 1.807) is 0 Å². The number of allylic oxidation sites excluding steroid dienone is 4. The third-order valence-electron chi connectivity index (χ3n) is 3.21. The van der Waals surface area contributed by atoms with Crippen molar-refractivity contribution in [2.24, 2.45) is 0 Å². The molecule has 0 nitrogen and oxygen atoms in total. The summed E-state index contributed by atoms with van der Waals surface area (Å²) in [4.78, 5) is 0. The zero-order valence-electron chi connectivity index (χ0n) is 9.49. The van der Waals surface area contributed by atoms with Crippen LogP contribution in [0.4, 0.5) is 0 Å². The molecule has 84 valence electrons. The van der Waals surface area contributed by atoms with Gasteiger partial charge in [0.05, 0.1) is 0 Å². The summed E-state index contributed by atoms with van der Waals surface area (Å²) in [6, 6.07) is 12.9. The van der Waals surface area contributed by atoms with Gasteiger partial charge in [0.25, 0.3) is 0 Å². The van der Waals surface area contributed by atoms with E-state index in [0.717, 1.165) is 12.8 Å². The van der Waals surface area contributed by atoms with Crippen LogP contribution < -0.4 is 0 Å². The maximum atomic E-state index is 3.67. The Kier molecular flexibility index (Phi) is 2.86. The van der Waals surface area contributed by atoms with Crippen molar-refractivity contribution in [3.63, 3.8) is 0 Å². The lowest BCUT2D eigenvalue weighted by molar-refractivity contribution is 1.06. The number of hydrogen-bond donors (Lipinski definition) is 0. The average molecular weight is 285 g/mol. The summed E-state index contributed by atoms with van der Waals surface area (Å²) in [5.74, 6) is 0. The van der Waals surface area contributed by atoms with Crippen molar-refractivity contribution in [1.82, 2.24) is 0 Å². The molecule has 0 aromatic heterocycles. The summed E-state index contributed by atoms with van der Waals surface area (Å²) in [5, 5.41) is 2.63. The molecule has 0 spiro atoms. The molecule has 2 aromatic rings. The SMILES string of the molecule is Brc1cccc2cccc(C3=CC=CCC3)c12. The predicted molar refractivity (Wildman–Crippen MR) is 78.0 cm³/mol. The lowest BCUT2D eigenvalue weighted by Gasteiger charge is -2.13. The Morgan fingerprint density at radius 2 is 1.82 bits per heavy atom. The maximum absolute atomic E-state index is 3.67. The lowest BCUT2D eigenvalue weighted by Crippen LogP contribution is -1.90. The van der Waals surface area contributed by atoms with Gasteiger partial charge in [-0.15, -0.1) is 0 Å². The molecule has 1 heteroatoms. The van der Waals surface area contributed by atoms with Crippen LogP contribution >= 0.6 is 15.9 Å². The van der Waals surface area contributed by atoms with Crippen molar-refractivity contribution in [3.05, 3.63) is 64.7 Å². The summed E-state index contributed by atoms with van der Waals surface area (Å²) < 4.78 is 1.18. The Balaban J connectivity index is 2.29. The molecule has 2 aromatic carbocycles. The minimum absolute atomic E-state index is 1.14. The number of hydrogen-bond acceptors (Lipinski definition) is 0. The van der Waals surface area contributed by atoms with E-state index in [-0.39, 0.29) is 0 Å². The molecule has 0 saturated heterocycles. The van der Waals surface area contributed by atoms with Crippen LogP contribution in [0.25, 0.3) is 16.3 Å². The van der Waals surface area contributed by atoms with Crippen LogP contribution in [-0.2, 0) is 0 Å². The van der Waals surface area contributed by atoms with Gasteiger partial charge in [-0.1, -0.05) is 64.5 Å². The van der Waals surface area contributed by atoms with Gasteiger partial charge in [0.2, 0.25) is 0 Å². The van der Waals surface area contributed by atoms with Crippen molar-refractivity contribution in [3.8, 4) is 0 Å². The average Bonchev–Trinajstić information content (AvgIpc) is 2.39. The molecule has 17 heavy (non-hydrogen) atoms.